The number of rotatable bonds is 10. The van der Waals surface area contributed by atoms with Crippen molar-refractivity contribution >= 4 is 11.9 Å². The first kappa shape index (κ1) is 22.6. The second-order valence-electron chi connectivity index (χ2n) is 8.86. The van der Waals surface area contributed by atoms with Crippen molar-refractivity contribution in [3.63, 3.8) is 0 Å². The van der Waals surface area contributed by atoms with Crippen LogP contribution in [0, 0.1) is 11.8 Å². The summed E-state index contributed by atoms with van der Waals surface area (Å²) in [5, 5.41) is 6.82. The highest BCUT2D eigenvalue weighted by atomic mass is 16.2. The highest BCUT2D eigenvalue weighted by Gasteiger charge is 2.29. The van der Waals surface area contributed by atoms with Crippen molar-refractivity contribution in [3.05, 3.63) is 35.9 Å². The average molecular weight is 414 g/mol. The topological polar surface area (TPSA) is 60.0 Å². The summed E-state index contributed by atoms with van der Waals surface area (Å²) in [4.78, 5) is 21.8. The van der Waals surface area contributed by atoms with Crippen LogP contribution in [0.1, 0.15) is 38.7 Å². The van der Waals surface area contributed by atoms with Crippen molar-refractivity contribution in [3.8, 4) is 0 Å². The first-order chi connectivity index (χ1) is 14.6. The molecule has 2 atom stereocenters. The maximum absolute atomic E-state index is 12.4. The number of hydrogen-bond acceptors (Lipinski definition) is 3. The number of carbonyl (C=O) groups excluding carboxylic acids is 1. The monoisotopic (exact) mass is 413 g/mol. The molecule has 2 aliphatic heterocycles. The summed E-state index contributed by atoms with van der Waals surface area (Å²) in [5.41, 5.74) is 1.29. The van der Waals surface area contributed by atoms with Crippen molar-refractivity contribution in [2.24, 2.45) is 16.8 Å². The molecule has 1 aromatic carbocycles. The van der Waals surface area contributed by atoms with E-state index < -0.39 is 0 Å². The van der Waals surface area contributed by atoms with E-state index in [-0.39, 0.29) is 5.91 Å². The minimum atomic E-state index is 0.277. The van der Waals surface area contributed by atoms with Gasteiger partial charge in [0.05, 0.1) is 0 Å². The van der Waals surface area contributed by atoms with Crippen molar-refractivity contribution < 1.29 is 4.79 Å². The molecular weight excluding hydrogens is 374 g/mol. The molecule has 2 heterocycles. The Balaban J connectivity index is 1.40. The molecule has 1 aromatic rings. The lowest BCUT2D eigenvalue weighted by Crippen LogP contribution is -2.41. The highest BCUT2D eigenvalue weighted by molar-refractivity contribution is 5.81. The van der Waals surface area contributed by atoms with Crippen LogP contribution < -0.4 is 10.6 Å². The van der Waals surface area contributed by atoms with Crippen LogP contribution >= 0.6 is 0 Å². The SMILES string of the molecule is CCNC(=NCC(C)CN1CCCC1)NCC1CC(=O)N(CCc2ccccc2)C1. The average Bonchev–Trinajstić information content (AvgIpc) is 3.38. The summed E-state index contributed by atoms with van der Waals surface area (Å²) in [6.07, 6.45) is 4.23. The van der Waals surface area contributed by atoms with Crippen LogP contribution in [0.2, 0.25) is 0 Å². The van der Waals surface area contributed by atoms with Gasteiger partial charge in [-0.3, -0.25) is 9.79 Å². The van der Waals surface area contributed by atoms with E-state index in [1.807, 2.05) is 11.0 Å². The highest BCUT2D eigenvalue weighted by Crippen LogP contribution is 2.17. The molecule has 0 aromatic heterocycles. The molecule has 2 aliphatic rings. The quantitative estimate of drug-likeness (QED) is 0.457. The molecule has 2 unspecified atom stereocenters. The van der Waals surface area contributed by atoms with Gasteiger partial charge in [-0.1, -0.05) is 37.3 Å². The van der Waals surface area contributed by atoms with E-state index in [1.54, 1.807) is 0 Å². The third-order valence-electron chi connectivity index (χ3n) is 6.04. The van der Waals surface area contributed by atoms with Gasteiger partial charge >= 0.3 is 0 Å². The van der Waals surface area contributed by atoms with Gasteiger partial charge in [0.25, 0.3) is 0 Å². The van der Waals surface area contributed by atoms with E-state index in [2.05, 4.69) is 53.6 Å². The second-order valence-corrected chi connectivity index (χ2v) is 8.86. The zero-order chi connectivity index (χ0) is 21.2. The Morgan fingerprint density at radius 1 is 1.20 bits per heavy atom. The van der Waals surface area contributed by atoms with Gasteiger partial charge in [-0.05, 0) is 50.8 Å². The van der Waals surface area contributed by atoms with Crippen molar-refractivity contribution in [1.29, 1.82) is 0 Å². The Kier molecular flexibility index (Phi) is 9.00. The lowest BCUT2D eigenvalue weighted by atomic mass is 10.1. The molecule has 6 nitrogen and oxygen atoms in total. The molecule has 2 N–H and O–H groups in total. The molecule has 166 valence electrons. The predicted molar refractivity (Wildman–Crippen MR) is 124 cm³/mol. The summed E-state index contributed by atoms with van der Waals surface area (Å²) in [6, 6.07) is 10.4. The Bertz CT molecular complexity index is 671. The lowest BCUT2D eigenvalue weighted by Gasteiger charge is -2.20. The van der Waals surface area contributed by atoms with Crippen molar-refractivity contribution in [2.75, 3.05) is 52.4 Å². The number of nitrogens with one attached hydrogen (secondary N) is 2. The van der Waals surface area contributed by atoms with Gasteiger partial charge in [0, 0.05) is 51.6 Å². The summed E-state index contributed by atoms with van der Waals surface area (Å²) < 4.78 is 0. The first-order valence-corrected chi connectivity index (χ1v) is 11.7. The molecule has 0 saturated carbocycles. The van der Waals surface area contributed by atoms with Gasteiger partial charge in [-0.2, -0.15) is 0 Å². The van der Waals surface area contributed by atoms with Crippen LogP contribution in [-0.2, 0) is 11.2 Å². The van der Waals surface area contributed by atoms with Gasteiger partial charge in [-0.15, -0.1) is 0 Å². The number of guanidine groups is 1. The fourth-order valence-electron chi connectivity index (χ4n) is 4.41. The number of amides is 1. The van der Waals surface area contributed by atoms with Crippen LogP contribution in [0.3, 0.4) is 0 Å². The third kappa shape index (κ3) is 7.31. The largest absolute Gasteiger partial charge is 0.357 e. The Morgan fingerprint density at radius 2 is 1.97 bits per heavy atom. The smallest absolute Gasteiger partial charge is 0.223 e. The molecule has 3 rings (SSSR count). The van der Waals surface area contributed by atoms with Crippen LogP contribution in [-0.4, -0.2) is 74.0 Å². The Morgan fingerprint density at radius 3 is 2.70 bits per heavy atom. The van der Waals surface area contributed by atoms with E-state index in [0.29, 0.717) is 18.3 Å². The number of nitrogens with zero attached hydrogens (tertiary/aromatic N) is 3. The van der Waals surface area contributed by atoms with E-state index in [9.17, 15) is 4.79 Å². The molecule has 6 heteroatoms. The van der Waals surface area contributed by atoms with E-state index in [1.165, 1.54) is 31.5 Å². The van der Waals surface area contributed by atoms with Crippen LogP contribution in [0.4, 0.5) is 0 Å². The molecule has 0 bridgehead atoms. The summed E-state index contributed by atoms with van der Waals surface area (Å²) in [6.45, 7) is 12.1. The summed E-state index contributed by atoms with van der Waals surface area (Å²) >= 11 is 0. The van der Waals surface area contributed by atoms with E-state index >= 15 is 0 Å². The predicted octanol–water partition coefficient (Wildman–Crippen LogP) is 2.36. The van der Waals surface area contributed by atoms with Gasteiger partial charge in [0.15, 0.2) is 5.96 Å². The summed E-state index contributed by atoms with van der Waals surface area (Å²) in [7, 11) is 0. The second kappa shape index (κ2) is 11.9. The van der Waals surface area contributed by atoms with Gasteiger partial charge < -0.3 is 20.4 Å². The molecule has 0 radical (unpaired) electrons. The fraction of sp³-hybridized carbons (Fsp3) is 0.667. The number of benzene rings is 1. The van der Waals surface area contributed by atoms with Crippen molar-refractivity contribution in [1.82, 2.24) is 20.4 Å². The molecule has 30 heavy (non-hydrogen) atoms. The Hall–Kier alpha value is -2.08. The fourth-order valence-corrected chi connectivity index (χ4v) is 4.41. The van der Waals surface area contributed by atoms with E-state index in [0.717, 1.165) is 51.6 Å². The van der Waals surface area contributed by atoms with Crippen molar-refractivity contribution in [2.45, 2.75) is 39.5 Å². The van der Waals surface area contributed by atoms with E-state index in [4.69, 9.17) is 4.99 Å². The van der Waals surface area contributed by atoms with Gasteiger partial charge in [0.1, 0.15) is 0 Å². The zero-order valence-electron chi connectivity index (χ0n) is 18.8. The van der Waals surface area contributed by atoms with Crippen LogP contribution in [0.5, 0.6) is 0 Å². The normalized spacial score (nSPS) is 21.3. The van der Waals surface area contributed by atoms with Gasteiger partial charge in [-0.25, -0.2) is 0 Å². The molecule has 2 fully saturated rings. The lowest BCUT2D eigenvalue weighted by molar-refractivity contribution is -0.127. The zero-order valence-corrected chi connectivity index (χ0v) is 18.8. The molecular formula is C24H39N5O. The minimum absolute atomic E-state index is 0.277. The minimum Gasteiger partial charge on any atom is -0.357 e. The maximum atomic E-state index is 12.4. The third-order valence-corrected chi connectivity index (χ3v) is 6.04. The van der Waals surface area contributed by atoms with Gasteiger partial charge in [0.2, 0.25) is 5.91 Å². The summed E-state index contributed by atoms with van der Waals surface area (Å²) in [5.74, 6) is 2.05. The number of hydrogen-bond donors (Lipinski definition) is 2. The molecule has 0 aliphatic carbocycles. The Labute approximate surface area is 182 Å². The maximum Gasteiger partial charge on any atom is 0.223 e. The first-order valence-electron chi connectivity index (χ1n) is 11.7. The number of carbonyl (C=O) groups is 1. The number of likely N-dealkylation sites (tertiary alicyclic amines) is 2. The van der Waals surface area contributed by atoms with Crippen LogP contribution in [0.25, 0.3) is 0 Å². The molecule has 2 saturated heterocycles. The molecule has 0 spiro atoms. The molecule has 1 amide bonds. The number of aliphatic imine (C=N–C) groups is 1. The van der Waals surface area contributed by atoms with Crippen LogP contribution in [0.15, 0.2) is 35.3 Å². The standard InChI is InChI=1S/C24H39N5O/c1-3-25-24(26-16-20(2)18-28-12-7-8-13-28)27-17-22-15-23(30)29(19-22)14-11-21-9-5-4-6-10-21/h4-6,9-10,20,22H,3,7-8,11-19H2,1-2H3,(H2,25,26,27).